The molecule has 1 aromatic heterocycles. The summed E-state index contributed by atoms with van der Waals surface area (Å²) in [6.45, 7) is 8.65. The van der Waals surface area contributed by atoms with Crippen LogP contribution in [0.5, 0.6) is 0 Å². The number of hydrogen-bond acceptors (Lipinski definition) is 4. The standard InChI is InChI=1S/C19H25ClN4O3S/c1-13(2)24-15(4)18(14(3)21-24)28(26,27)23-11-9-22(10-12-23)19(25)16-5-7-17(20)8-6-16/h5-8,13H,9-12H2,1-4H3. The number of nitrogens with zero attached hydrogens (tertiary/aromatic N) is 4. The van der Waals surface area contributed by atoms with E-state index in [1.807, 2.05) is 13.8 Å². The molecule has 1 saturated heterocycles. The second kappa shape index (κ2) is 7.85. The molecule has 7 nitrogen and oxygen atoms in total. The number of aromatic nitrogens is 2. The summed E-state index contributed by atoms with van der Waals surface area (Å²) in [7, 11) is -3.66. The van der Waals surface area contributed by atoms with Crippen molar-refractivity contribution in [2.45, 2.75) is 38.6 Å². The monoisotopic (exact) mass is 424 g/mol. The van der Waals surface area contributed by atoms with E-state index in [0.29, 0.717) is 35.1 Å². The summed E-state index contributed by atoms with van der Waals surface area (Å²) in [5.41, 5.74) is 1.70. The Bertz CT molecular complexity index is 975. The van der Waals surface area contributed by atoms with Crippen LogP contribution in [0.25, 0.3) is 0 Å². The molecule has 2 aromatic rings. The lowest BCUT2D eigenvalue weighted by atomic mass is 10.2. The quantitative estimate of drug-likeness (QED) is 0.756. The van der Waals surface area contributed by atoms with Gasteiger partial charge in [0.1, 0.15) is 4.90 Å². The summed E-state index contributed by atoms with van der Waals surface area (Å²) >= 11 is 5.87. The van der Waals surface area contributed by atoms with Crippen LogP contribution in [0.4, 0.5) is 0 Å². The lowest BCUT2D eigenvalue weighted by Gasteiger charge is -2.34. The first-order valence-electron chi connectivity index (χ1n) is 9.23. The highest BCUT2D eigenvalue weighted by Crippen LogP contribution is 2.26. The normalized spacial score (nSPS) is 16.0. The van der Waals surface area contributed by atoms with E-state index >= 15 is 0 Å². The maximum atomic E-state index is 13.2. The third-order valence-corrected chi connectivity index (χ3v) is 7.37. The fourth-order valence-electron chi connectivity index (χ4n) is 3.56. The molecule has 0 unspecified atom stereocenters. The molecule has 0 spiro atoms. The Kier molecular flexibility index (Phi) is 5.84. The van der Waals surface area contributed by atoms with Gasteiger partial charge in [-0.25, -0.2) is 8.42 Å². The minimum absolute atomic E-state index is 0.0801. The van der Waals surface area contributed by atoms with E-state index in [9.17, 15) is 13.2 Å². The van der Waals surface area contributed by atoms with Crippen molar-refractivity contribution in [2.75, 3.05) is 26.2 Å². The molecule has 1 aromatic carbocycles. The molecule has 0 saturated carbocycles. The van der Waals surface area contributed by atoms with Crippen molar-refractivity contribution in [1.29, 1.82) is 0 Å². The number of sulfonamides is 1. The molecule has 0 aliphatic carbocycles. The van der Waals surface area contributed by atoms with E-state index in [1.165, 1.54) is 4.31 Å². The molecule has 2 heterocycles. The van der Waals surface area contributed by atoms with Gasteiger partial charge in [-0.3, -0.25) is 9.48 Å². The van der Waals surface area contributed by atoms with Crippen LogP contribution in [-0.4, -0.2) is 59.5 Å². The van der Waals surface area contributed by atoms with Gasteiger partial charge in [0.2, 0.25) is 10.0 Å². The number of carbonyl (C=O) groups excluding carboxylic acids is 1. The number of hydrogen-bond donors (Lipinski definition) is 0. The van der Waals surface area contributed by atoms with Crippen LogP contribution < -0.4 is 0 Å². The zero-order chi connectivity index (χ0) is 20.6. The van der Waals surface area contributed by atoms with Crippen molar-refractivity contribution >= 4 is 27.5 Å². The summed E-state index contributed by atoms with van der Waals surface area (Å²) in [5, 5.41) is 4.97. The molecule has 152 valence electrons. The maximum absolute atomic E-state index is 13.2. The largest absolute Gasteiger partial charge is 0.336 e. The third-order valence-electron chi connectivity index (χ3n) is 4.96. The smallest absolute Gasteiger partial charge is 0.253 e. The van der Waals surface area contributed by atoms with Crippen molar-refractivity contribution in [1.82, 2.24) is 19.0 Å². The van der Waals surface area contributed by atoms with Gasteiger partial charge in [0.15, 0.2) is 0 Å². The van der Waals surface area contributed by atoms with Gasteiger partial charge in [0.05, 0.1) is 11.4 Å². The highest BCUT2D eigenvalue weighted by atomic mass is 35.5. The van der Waals surface area contributed by atoms with Crippen molar-refractivity contribution in [3.8, 4) is 0 Å². The molecule has 3 rings (SSSR count). The average Bonchev–Trinajstić information content (AvgIpc) is 2.97. The summed E-state index contributed by atoms with van der Waals surface area (Å²) in [6, 6.07) is 6.79. The molecule has 9 heteroatoms. The SMILES string of the molecule is Cc1nn(C(C)C)c(C)c1S(=O)(=O)N1CCN(C(=O)c2ccc(Cl)cc2)CC1. The van der Waals surface area contributed by atoms with Crippen LogP contribution in [0.1, 0.15) is 41.6 Å². The topological polar surface area (TPSA) is 75.5 Å². The maximum Gasteiger partial charge on any atom is 0.253 e. The first kappa shape index (κ1) is 20.8. The summed E-state index contributed by atoms with van der Waals surface area (Å²) in [4.78, 5) is 14.6. The predicted molar refractivity (Wildman–Crippen MR) is 108 cm³/mol. The molecule has 0 radical (unpaired) electrons. The zero-order valence-electron chi connectivity index (χ0n) is 16.5. The zero-order valence-corrected chi connectivity index (χ0v) is 18.1. The first-order valence-corrected chi connectivity index (χ1v) is 11.1. The molecule has 1 aliphatic rings. The molecule has 1 amide bonds. The second-order valence-electron chi connectivity index (χ2n) is 7.24. The third kappa shape index (κ3) is 3.81. The van der Waals surface area contributed by atoms with Crippen molar-refractivity contribution in [2.24, 2.45) is 0 Å². The van der Waals surface area contributed by atoms with Gasteiger partial charge < -0.3 is 4.90 Å². The Labute approximate surface area is 170 Å². The average molecular weight is 425 g/mol. The molecule has 0 N–H and O–H groups in total. The van der Waals surface area contributed by atoms with Crippen LogP contribution in [0.3, 0.4) is 0 Å². The fraction of sp³-hybridized carbons (Fsp3) is 0.474. The van der Waals surface area contributed by atoms with Crippen LogP contribution in [0.15, 0.2) is 29.2 Å². The molecular weight excluding hydrogens is 400 g/mol. The Morgan fingerprint density at radius 1 is 1.07 bits per heavy atom. The summed E-state index contributed by atoms with van der Waals surface area (Å²) in [5.74, 6) is -0.117. The minimum atomic E-state index is -3.66. The van der Waals surface area contributed by atoms with Crippen molar-refractivity contribution < 1.29 is 13.2 Å². The minimum Gasteiger partial charge on any atom is -0.336 e. The molecule has 0 bridgehead atoms. The Morgan fingerprint density at radius 3 is 2.14 bits per heavy atom. The Balaban J connectivity index is 1.76. The number of rotatable bonds is 4. The van der Waals surface area contributed by atoms with Crippen molar-refractivity contribution in [3.05, 3.63) is 46.2 Å². The number of benzene rings is 1. The summed E-state index contributed by atoms with van der Waals surface area (Å²) < 4.78 is 29.6. The van der Waals surface area contributed by atoms with E-state index in [0.717, 1.165) is 0 Å². The van der Waals surface area contributed by atoms with E-state index in [-0.39, 0.29) is 29.9 Å². The number of aryl methyl sites for hydroxylation is 1. The summed E-state index contributed by atoms with van der Waals surface area (Å²) in [6.07, 6.45) is 0. The molecular formula is C19H25ClN4O3S. The number of amides is 1. The molecule has 1 fully saturated rings. The molecule has 28 heavy (non-hydrogen) atoms. The van der Waals surface area contributed by atoms with Crippen LogP contribution in [-0.2, 0) is 10.0 Å². The number of halogens is 1. The van der Waals surface area contributed by atoms with Gasteiger partial charge in [0, 0.05) is 42.8 Å². The van der Waals surface area contributed by atoms with E-state index in [4.69, 9.17) is 11.6 Å². The van der Waals surface area contributed by atoms with Crippen molar-refractivity contribution in [3.63, 3.8) is 0 Å². The van der Waals surface area contributed by atoms with Crippen LogP contribution in [0, 0.1) is 13.8 Å². The van der Waals surface area contributed by atoms with E-state index in [1.54, 1.807) is 47.7 Å². The first-order chi connectivity index (χ1) is 13.1. The number of piperazine rings is 1. The molecule has 0 atom stereocenters. The van der Waals surface area contributed by atoms with Gasteiger partial charge in [-0.2, -0.15) is 9.40 Å². The van der Waals surface area contributed by atoms with Gasteiger partial charge >= 0.3 is 0 Å². The predicted octanol–water partition coefficient (Wildman–Crippen LogP) is 2.88. The van der Waals surface area contributed by atoms with E-state index < -0.39 is 10.0 Å². The molecule has 1 aliphatic heterocycles. The lowest BCUT2D eigenvalue weighted by molar-refractivity contribution is 0.0698. The van der Waals surface area contributed by atoms with Crippen LogP contribution in [0.2, 0.25) is 5.02 Å². The lowest BCUT2D eigenvalue weighted by Crippen LogP contribution is -2.50. The number of carbonyl (C=O) groups is 1. The highest BCUT2D eigenvalue weighted by molar-refractivity contribution is 7.89. The second-order valence-corrected chi connectivity index (χ2v) is 9.55. The Morgan fingerprint density at radius 2 is 1.64 bits per heavy atom. The van der Waals surface area contributed by atoms with Gasteiger partial charge in [0.25, 0.3) is 5.91 Å². The van der Waals surface area contributed by atoms with Gasteiger partial charge in [-0.1, -0.05) is 11.6 Å². The fourth-order valence-corrected chi connectivity index (χ4v) is 5.47. The van der Waals surface area contributed by atoms with Gasteiger partial charge in [-0.15, -0.1) is 0 Å². The van der Waals surface area contributed by atoms with Crippen LogP contribution >= 0.6 is 11.6 Å². The highest BCUT2D eigenvalue weighted by Gasteiger charge is 2.34. The van der Waals surface area contributed by atoms with E-state index in [2.05, 4.69) is 5.10 Å². The van der Waals surface area contributed by atoms with Gasteiger partial charge in [-0.05, 0) is 52.0 Å². The Hall–Kier alpha value is -1.90.